The van der Waals surface area contributed by atoms with Gasteiger partial charge in [-0.05, 0) is 54.7 Å². The Balaban J connectivity index is 1.35. The van der Waals surface area contributed by atoms with E-state index in [1.54, 1.807) is 14.2 Å². The van der Waals surface area contributed by atoms with Crippen LogP contribution >= 0.6 is 0 Å². The standard InChI is InChI=1S/C26H33FO7/c1-28-20-10-6-18(7-11-20)15-30-17-22-25(32-16-19-8-12-21(29-2)13-9-19)24(27)26(33-22)34-23-5-3-4-14-31-23/h6-13,22-26H,3-5,14-17H2,1-2H3/t22-,23?,24-,25-,26-/m1/s1. The van der Waals surface area contributed by atoms with Crippen LogP contribution in [0.15, 0.2) is 48.5 Å². The van der Waals surface area contributed by atoms with Gasteiger partial charge >= 0.3 is 0 Å². The molecule has 1 unspecified atom stereocenters. The van der Waals surface area contributed by atoms with Gasteiger partial charge in [-0.1, -0.05) is 24.3 Å². The van der Waals surface area contributed by atoms with Crippen molar-refractivity contribution in [3.05, 3.63) is 59.7 Å². The third kappa shape index (κ3) is 6.67. The fraction of sp³-hybridized carbons (Fsp3) is 0.538. The maximum absolute atomic E-state index is 15.4. The second-order valence-electron chi connectivity index (χ2n) is 8.41. The van der Waals surface area contributed by atoms with Crippen molar-refractivity contribution in [2.45, 2.75) is 63.4 Å². The van der Waals surface area contributed by atoms with Crippen LogP contribution in [-0.2, 0) is 36.9 Å². The summed E-state index contributed by atoms with van der Waals surface area (Å²) in [5.74, 6) is 1.53. The van der Waals surface area contributed by atoms with E-state index in [4.69, 9.17) is 33.2 Å². The van der Waals surface area contributed by atoms with Crippen molar-refractivity contribution in [1.29, 1.82) is 0 Å². The molecule has 0 aliphatic carbocycles. The molecular weight excluding hydrogens is 443 g/mol. The van der Waals surface area contributed by atoms with Crippen molar-refractivity contribution < 1.29 is 37.5 Å². The van der Waals surface area contributed by atoms with Crippen LogP contribution in [0.25, 0.3) is 0 Å². The van der Waals surface area contributed by atoms with Crippen LogP contribution in [0.3, 0.4) is 0 Å². The van der Waals surface area contributed by atoms with Gasteiger partial charge in [-0.15, -0.1) is 0 Å². The van der Waals surface area contributed by atoms with Crippen LogP contribution in [0.2, 0.25) is 0 Å². The second-order valence-corrected chi connectivity index (χ2v) is 8.41. The quantitative estimate of drug-likeness (QED) is 0.476. The maximum atomic E-state index is 15.4. The topological polar surface area (TPSA) is 64.6 Å². The zero-order valence-corrected chi connectivity index (χ0v) is 19.7. The number of rotatable bonds is 11. The fourth-order valence-electron chi connectivity index (χ4n) is 4.02. The summed E-state index contributed by atoms with van der Waals surface area (Å²) < 4.78 is 54.9. The number of methoxy groups -OCH3 is 2. The Labute approximate surface area is 200 Å². The first-order valence-corrected chi connectivity index (χ1v) is 11.7. The molecule has 4 rings (SSSR count). The molecule has 2 aromatic rings. The molecule has 0 bridgehead atoms. The van der Waals surface area contributed by atoms with Crippen molar-refractivity contribution >= 4 is 0 Å². The van der Waals surface area contributed by atoms with Crippen LogP contribution in [0.5, 0.6) is 11.5 Å². The van der Waals surface area contributed by atoms with Gasteiger partial charge in [-0.2, -0.15) is 0 Å². The van der Waals surface area contributed by atoms with Crippen molar-refractivity contribution in [2.24, 2.45) is 0 Å². The Hall–Kier alpha value is -2.23. The highest BCUT2D eigenvalue weighted by molar-refractivity contribution is 5.27. The lowest BCUT2D eigenvalue weighted by Crippen LogP contribution is -2.36. The molecule has 2 aliphatic heterocycles. The molecule has 0 saturated carbocycles. The van der Waals surface area contributed by atoms with Gasteiger partial charge in [0.05, 0.1) is 34.0 Å². The molecule has 2 heterocycles. The first-order valence-electron chi connectivity index (χ1n) is 11.7. The molecular formula is C26H33FO7. The van der Waals surface area contributed by atoms with E-state index in [0.717, 1.165) is 41.9 Å². The largest absolute Gasteiger partial charge is 0.497 e. The second kappa shape index (κ2) is 12.5. The van der Waals surface area contributed by atoms with Crippen LogP contribution in [-0.4, -0.2) is 58.4 Å². The predicted octanol–water partition coefficient (Wildman–Crippen LogP) is 4.41. The lowest BCUT2D eigenvalue weighted by molar-refractivity contribution is -0.262. The lowest BCUT2D eigenvalue weighted by Gasteiger charge is -2.26. The van der Waals surface area contributed by atoms with E-state index in [-0.39, 0.29) is 13.2 Å². The Morgan fingerprint density at radius 2 is 1.53 bits per heavy atom. The molecule has 2 fully saturated rings. The van der Waals surface area contributed by atoms with Gasteiger partial charge in [0.15, 0.2) is 18.8 Å². The molecule has 7 nitrogen and oxygen atoms in total. The third-order valence-electron chi connectivity index (χ3n) is 5.98. The van der Waals surface area contributed by atoms with E-state index in [1.165, 1.54) is 0 Å². The Morgan fingerprint density at radius 3 is 2.12 bits per heavy atom. The lowest BCUT2D eigenvalue weighted by atomic mass is 10.1. The first-order chi connectivity index (χ1) is 16.7. The highest BCUT2D eigenvalue weighted by Gasteiger charge is 2.48. The van der Waals surface area contributed by atoms with Crippen LogP contribution in [0, 0.1) is 0 Å². The summed E-state index contributed by atoms with van der Waals surface area (Å²) in [4.78, 5) is 0. The molecule has 0 aromatic heterocycles. The molecule has 0 spiro atoms. The summed E-state index contributed by atoms with van der Waals surface area (Å²) in [7, 11) is 3.24. The molecule has 2 aromatic carbocycles. The van der Waals surface area contributed by atoms with Crippen LogP contribution in [0.4, 0.5) is 4.39 Å². The minimum atomic E-state index is -1.46. The SMILES string of the molecule is COc1ccc(COC[C@H]2O[C@H](OC3CCCCO3)[C@H](F)[C@@H]2OCc2ccc(OC)cc2)cc1. The maximum Gasteiger partial charge on any atom is 0.195 e. The van der Waals surface area contributed by atoms with Crippen molar-refractivity contribution in [1.82, 2.24) is 0 Å². The molecule has 34 heavy (non-hydrogen) atoms. The summed E-state index contributed by atoms with van der Waals surface area (Å²) in [6, 6.07) is 15.1. The normalized spacial score (nSPS) is 27.0. The third-order valence-corrected chi connectivity index (χ3v) is 5.98. The van der Waals surface area contributed by atoms with E-state index in [9.17, 15) is 0 Å². The van der Waals surface area contributed by atoms with E-state index in [1.807, 2.05) is 48.5 Å². The molecule has 186 valence electrons. The molecule has 2 aliphatic rings. The highest BCUT2D eigenvalue weighted by Crippen LogP contribution is 2.31. The molecule has 0 amide bonds. The van der Waals surface area contributed by atoms with Crippen molar-refractivity contribution in [3.8, 4) is 11.5 Å². The summed E-state index contributed by atoms with van der Waals surface area (Å²) in [6.07, 6.45) is -1.72. The average molecular weight is 477 g/mol. The minimum absolute atomic E-state index is 0.172. The highest BCUT2D eigenvalue weighted by atomic mass is 19.1. The summed E-state index contributed by atoms with van der Waals surface area (Å²) in [6.45, 7) is 1.38. The zero-order valence-electron chi connectivity index (χ0n) is 19.7. The summed E-state index contributed by atoms with van der Waals surface area (Å²) in [5, 5.41) is 0. The van der Waals surface area contributed by atoms with Gasteiger partial charge < -0.3 is 33.2 Å². The van der Waals surface area contributed by atoms with Gasteiger partial charge in [0.2, 0.25) is 0 Å². The number of halogens is 1. The number of benzene rings is 2. The predicted molar refractivity (Wildman–Crippen MR) is 122 cm³/mol. The van der Waals surface area contributed by atoms with Crippen molar-refractivity contribution in [2.75, 3.05) is 27.4 Å². The Bertz CT molecular complexity index is 854. The summed E-state index contributed by atoms with van der Waals surface area (Å²) >= 11 is 0. The minimum Gasteiger partial charge on any atom is -0.497 e. The summed E-state index contributed by atoms with van der Waals surface area (Å²) in [5.41, 5.74) is 1.89. The first kappa shape index (κ1) is 24.9. The van der Waals surface area contributed by atoms with Gasteiger partial charge in [0, 0.05) is 6.61 Å². The Morgan fingerprint density at radius 1 is 0.882 bits per heavy atom. The van der Waals surface area contributed by atoms with E-state index < -0.39 is 31.0 Å². The number of hydrogen-bond acceptors (Lipinski definition) is 7. The molecule has 0 radical (unpaired) electrons. The van der Waals surface area contributed by atoms with E-state index >= 15 is 4.39 Å². The zero-order chi connectivity index (χ0) is 23.8. The number of ether oxygens (including phenoxy) is 7. The van der Waals surface area contributed by atoms with E-state index in [0.29, 0.717) is 13.2 Å². The van der Waals surface area contributed by atoms with E-state index in [2.05, 4.69) is 0 Å². The molecule has 0 N–H and O–H groups in total. The van der Waals surface area contributed by atoms with Gasteiger partial charge in [0.25, 0.3) is 0 Å². The Kier molecular flexibility index (Phi) is 9.12. The van der Waals surface area contributed by atoms with Crippen LogP contribution < -0.4 is 9.47 Å². The molecule has 2 saturated heterocycles. The van der Waals surface area contributed by atoms with Crippen molar-refractivity contribution in [3.63, 3.8) is 0 Å². The van der Waals surface area contributed by atoms with Crippen LogP contribution in [0.1, 0.15) is 30.4 Å². The monoisotopic (exact) mass is 476 g/mol. The fourth-order valence-corrected chi connectivity index (χ4v) is 4.02. The van der Waals surface area contributed by atoms with Gasteiger partial charge in [0.1, 0.15) is 23.7 Å². The molecule has 8 heteroatoms. The molecule has 5 atom stereocenters. The van der Waals surface area contributed by atoms with Gasteiger partial charge in [-0.3, -0.25) is 0 Å². The number of alkyl halides is 1. The van der Waals surface area contributed by atoms with Gasteiger partial charge in [-0.25, -0.2) is 4.39 Å². The smallest absolute Gasteiger partial charge is 0.195 e. The number of hydrogen-bond donors (Lipinski definition) is 0. The average Bonchev–Trinajstić information content (AvgIpc) is 3.17.